The Morgan fingerprint density at radius 3 is 1.02 bits per heavy atom. The summed E-state index contributed by atoms with van der Waals surface area (Å²) in [7, 11) is 0. The molecule has 0 spiro atoms. The molecule has 0 aromatic carbocycles. The summed E-state index contributed by atoms with van der Waals surface area (Å²) in [6.45, 7) is 4.02. The Morgan fingerprint density at radius 2 is 0.677 bits per heavy atom. The van der Waals surface area contributed by atoms with Gasteiger partial charge in [-0.1, -0.05) is 269 Å². The monoisotopic (exact) mass is 876 g/mol. The third-order valence-corrected chi connectivity index (χ3v) is 13.1. The molecule has 6 nitrogen and oxygen atoms in total. The molecule has 5 N–H and O–H groups in total. The number of amides is 1. The van der Waals surface area contributed by atoms with Gasteiger partial charge in [-0.3, -0.25) is 4.79 Å². The van der Waals surface area contributed by atoms with Gasteiger partial charge in [0.2, 0.25) is 5.91 Å². The van der Waals surface area contributed by atoms with E-state index in [0.717, 1.165) is 44.9 Å². The SMILES string of the molecule is CCCCC/C=C/CC/C=C/CCCC(O)C(O)C(CO)NC(=O)C(O)CCCCCCCCCCCCCCCCCCCCCCCCCCCCCCCCCCCC. The number of nitrogens with one attached hydrogen (secondary N) is 1. The molecule has 0 bridgehead atoms. The zero-order chi connectivity index (χ0) is 45.2. The average molecular weight is 876 g/mol. The van der Waals surface area contributed by atoms with E-state index in [1.807, 2.05) is 0 Å². The van der Waals surface area contributed by atoms with Crippen molar-refractivity contribution in [2.75, 3.05) is 6.61 Å². The van der Waals surface area contributed by atoms with Crippen LogP contribution in [0.25, 0.3) is 0 Å². The predicted molar refractivity (Wildman–Crippen MR) is 270 cm³/mol. The molecule has 0 aliphatic carbocycles. The zero-order valence-corrected chi connectivity index (χ0v) is 41.6. The van der Waals surface area contributed by atoms with Crippen LogP contribution >= 0.6 is 0 Å². The third-order valence-electron chi connectivity index (χ3n) is 13.1. The van der Waals surface area contributed by atoms with Gasteiger partial charge in [0.25, 0.3) is 0 Å². The highest BCUT2D eigenvalue weighted by molar-refractivity contribution is 5.80. The minimum absolute atomic E-state index is 0.364. The van der Waals surface area contributed by atoms with E-state index < -0.39 is 36.9 Å². The Morgan fingerprint density at radius 1 is 0.387 bits per heavy atom. The molecule has 0 aromatic rings. The maximum Gasteiger partial charge on any atom is 0.249 e. The largest absolute Gasteiger partial charge is 0.394 e. The zero-order valence-electron chi connectivity index (χ0n) is 41.6. The van der Waals surface area contributed by atoms with Crippen molar-refractivity contribution in [3.05, 3.63) is 24.3 Å². The topological polar surface area (TPSA) is 110 Å². The van der Waals surface area contributed by atoms with Gasteiger partial charge in [0.15, 0.2) is 0 Å². The number of aliphatic hydroxyl groups excluding tert-OH is 4. The molecule has 0 aliphatic rings. The summed E-state index contributed by atoms with van der Waals surface area (Å²) < 4.78 is 0. The summed E-state index contributed by atoms with van der Waals surface area (Å²) in [5, 5.41) is 43.7. The van der Waals surface area contributed by atoms with Crippen LogP contribution in [-0.2, 0) is 4.79 Å². The van der Waals surface area contributed by atoms with Gasteiger partial charge in [-0.15, -0.1) is 0 Å². The molecule has 0 aromatic heterocycles. The Hall–Kier alpha value is -1.21. The molecule has 1 amide bonds. The predicted octanol–water partition coefficient (Wildman–Crippen LogP) is 15.9. The smallest absolute Gasteiger partial charge is 0.249 e. The number of carbonyl (C=O) groups excluding carboxylic acids is 1. The van der Waals surface area contributed by atoms with Gasteiger partial charge in [-0.25, -0.2) is 0 Å². The van der Waals surface area contributed by atoms with Gasteiger partial charge in [-0.05, 0) is 51.4 Å². The van der Waals surface area contributed by atoms with Crippen LogP contribution in [0.3, 0.4) is 0 Å². The molecule has 4 atom stereocenters. The van der Waals surface area contributed by atoms with Gasteiger partial charge in [0.05, 0.1) is 18.8 Å². The molecule has 4 unspecified atom stereocenters. The summed E-state index contributed by atoms with van der Waals surface area (Å²) in [6.07, 6.45) is 61.3. The first kappa shape index (κ1) is 60.8. The molecule has 0 aliphatic heterocycles. The van der Waals surface area contributed by atoms with Crippen molar-refractivity contribution in [3.63, 3.8) is 0 Å². The summed E-state index contributed by atoms with van der Waals surface area (Å²) in [4.78, 5) is 12.5. The van der Waals surface area contributed by atoms with Crippen molar-refractivity contribution in [2.24, 2.45) is 0 Å². The molecule has 368 valence electrons. The summed E-state index contributed by atoms with van der Waals surface area (Å²) in [6, 6.07) is -1.00. The van der Waals surface area contributed by atoms with Crippen LogP contribution in [0.5, 0.6) is 0 Å². The van der Waals surface area contributed by atoms with Crippen LogP contribution in [0.15, 0.2) is 24.3 Å². The summed E-state index contributed by atoms with van der Waals surface area (Å²) in [5.41, 5.74) is 0. The van der Waals surface area contributed by atoms with Crippen LogP contribution in [0.2, 0.25) is 0 Å². The van der Waals surface area contributed by atoms with E-state index in [9.17, 15) is 25.2 Å². The Kier molecular flexibility index (Phi) is 49.8. The standard InChI is InChI=1S/C56H109NO5/c1-3-5-7-9-11-13-15-17-18-19-20-21-22-23-24-25-26-27-28-29-30-31-32-33-34-35-36-37-38-40-42-44-46-48-50-54(60)56(62)57-52(51-58)55(61)53(59)49-47-45-43-41-39-16-14-12-10-8-6-4-2/h12,14,41,43,52-55,58-61H,3-11,13,15-40,42,44-51H2,1-2H3,(H,57,62)/b14-12+,43-41+. The van der Waals surface area contributed by atoms with Crippen LogP contribution in [0.4, 0.5) is 0 Å². The van der Waals surface area contributed by atoms with E-state index in [2.05, 4.69) is 43.5 Å². The molecule has 62 heavy (non-hydrogen) atoms. The molecule has 0 radical (unpaired) electrons. The number of hydrogen-bond acceptors (Lipinski definition) is 5. The highest BCUT2D eigenvalue weighted by Crippen LogP contribution is 2.18. The van der Waals surface area contributed by atoms with Crippen LogP contribution < -0.4 is 5.32 Å². The lowest BCUT2D eigenvalue weighted by atomic mass is 10.00. The second kappa shape index (κ2) is 50.8. The quantitative estimate of drug-likeness (QED) is 0.0309. The second-order valence-corrected chi connectivity index (χ2v) is 19.3. The van der Waals surface area contributed by atoms with E-state index in [1.165, 1.54) is 218 Å². The van der Waals surface area contributed by atoms with E-state index in [4.69, 9.17) is 0 Å². The number of hydrogen-bond donors (Lipinski definition) is 5. The molecule has 0 saturated carbocycles. The Balaban J connectivity index is 3.51. The Bertz CT molecular complexity index is 939. The van der Waals surface area contributed by atoms with Gasteiger partial charge >= 0.3 is 0 Å². The molecule has 0 fully saturated rings. The molecule has 0 rings (SSSR count). The van der Waals surface area contributed by atoms with E-state index in [-0.39, 0.29) is 0 Å². The fraction of sp³-hybridized carbons (Fsp3) is 0.911. The highest BCUT2D eigenvalue weighted by Gasteiger charge is 2.28. The van der Waals surface area contributed by atoms with Gasteiger partial charge < -0.3 is 25.7 Å². The van der Waals surface area contributed by atoms with Gasteiger partial charge in [0, 0.05) is 0 Å². The Labute approximate surface area is 386 Å². The van der Waals surface area contributed by atoms with Gasteiger partial charge in [0.1, 0.15) is 12.2 Å². The van der Waals surface area contributed by atoms with Crippen LogP contribution in [0.1, 0.15) is 296 Å². The lowest BCUT2D eigenvalue weighted by Crippen LogP contribution is -2.53. The first-order valence-corrected chi connectivity index (χ1v) is 27.7. The van der Waals surface area contributed by atoms with Gasteiger partial charge in [-0.2, -0.15) is 0 Å². The molecular formula is C56H109NO5. The molecular weight excluding hydrogens is 767 g/mol. The lowest BCUT2D eigenvalue weighted by molar-refractivity contribution is -0.132. The van der Waals surface area contributed by atoms with E-state index >= 15 is 0 Å². The highest BCUT2D eigenvalue weighted by atomic mass is 16.3. The first-order chi connectivity index (χ1) is 30.5. The van der Waals surface area contributed by atoms with E-state index in [1.54, 1.807) is 0 Å². The summed E-state index contributed by atoms with van der Waals surface area (Å²) >= 11 is 0. The molecule has 6 heteroatoms. The van der Waals surface area contributed by atoms with Crippen molar-refractivity contribution in [2.45, 2.75) is 321 Å². The number of unbranched alkanes of at least 4 members (excludes halogenated alkanes) is 38. The summed E-state index contributed by atoms with van der Waals surface area (Å²) in [5.74, 6) is -0.594. The van der Waals surface area contributed by atoms with Crippen molar-refractivity contribution in [1.82, 2.24) is 5.32 Å². The first-order valence-electron chi connectivity index (χ1n) is 27.7. The number of rotatable bonds is 51. The van der Waals surface area contributed by atoms with Crippen molar-refractivity contribution in [1.29, 1.82) is 0 Å². The molecule has 0 heterocycles. The number of carbonyl (C=O) groups is 1. The fourth-order valence-electron chi connectivity index (χ4n) is 8.78. The van der Waals surface area contributed by atoms with Crippen molar-refractivity contribution < 1.29 is 25.2 Å². The average Bonchev–Trinajstić information content (AvgIpc) is 3.28. The molecule has 0 saturated heterocycles. The minimum atomic E-state index is -1.29. The minimum Gasteiger partial charge on any atom is -0.394 e. The third kappa shape index (κ3) is 44.0. The maximum atomic E-state index is 12.5. The maximum absolute atomic E-state index is 12.5. The number of aliphatic hydroxyl groups is 4. The second-order valence-electron chi connectivity index (χ2n) is 19.3. The van der Waals surface area contributed by atoms with Crippen LogP contribution in [-0.4, -0.2) is 57.3 Å². The fourth-order valence-corrected chi connectivity index (χ4v) is 8.78. The lowest BCUT2D eigenvalue weighted by Gasteiger charge is -2.27. The van der Waals surface area contributed by atoms with Crippen molar-refractivity contribution >= 4 is 5.91 Å². The van der Waals surface area contributed by atoms with Crippen LogP contribution in [0, 0.1) is 0 Å². The normalized spacial score (nSPS) is 14.0. The number of allylic oxidation sites excluding steroid dienone is 4. The van der Waals surface area contributed by atoms with E-state index in [0.29, 0.717) is 19.3 Å². The van der Waals surface area contributed by atoms with Crippen molar-refractivity contribution in [3.8, 4) is 0 Å².